The lowest BCUT2D eigenvalue weighted by Crippen LogP contribution is -2.18. The number of hydrogen-bond acceptors (Lipinski definition) is 11. The Morgan fingerprint density at radius 3 is 1.98 bits per heavy atom. The summed E-state index contributed by atoms with van der Waals surface area (Å²) >= 11 is 0. The highest BCUT2D eigenvalue weighted by Crippen LogP contribution is 2.53. The SMILES string of the molecule is COC[C@H](C)Oc1cc(Oc2ccc(S(C)(=O)=O)cc2)cc(C(=O)Cc2cnc(CP(=O)(OC(C)C)OC(C)C)cn2)c1. The van der Waals surface area contributed by atoms with Crippen LogP contribution in [-0.4, -0.2) is 62.5 Å². The summed E-state index contributed by atoms with van der Waals surface area (Å²) in [5.74, 6) is 0.839. The molecule has 1 aromatic heterocycles. The molecule has 43 heavy (non-hydrogen) atoms. The van der Waals surface area contributed by atoms with Gasteiger partial charge in [-0.05, 0) is 71.0 Å². The quantitative estimate of drug-likeness (QED) is 0.134. The van der Waals surface area contributed by atoms with E-state index in [9.17, 15) is 17.8 Å². The van der Waals surface area contributed by atoms with Crippen LogP contribution in [0.5, 0.6) is 17.2 Å². The fourth-order valence-electron chi connectivity index (χ4n) is 4.01. The smallest absolute Gasteiger partial charge is 0.337 e. The van der Waals surface area contributed by atoms with Crippen molar-refractivity contribution < 1.29 is 41.0 Å². The van der Waals surface area contributed by atoms with Crippen molar-refractivity contribution in [1.82, 2.24) is 9.97 Å². The summed E-state index contributed by atoms with van der Waals surface area (Å²) in [6.45, 7) is 9.28. The molecule has 0 aliphatic rings. The predicted molar refractivity (Wildman–Crippen MR) is 162 cm³/mol. The van der Waals surface area contributed by atoms with Gasteiger partial charge in [-0.25, -0.2) is 8.42 Å². The van der Waals surface area contributed by atoms with Crippen molar-refractivity contribution >= 4 is 23.2 Å². The molecule has 0 saturated heterocycles. The second kappa shape index (κ2) is 15.0. The third-order valence-electron chi connectivity index (χ3n) is 5.63. The molecule has 0 aliphatic heterocycles. The van der Waals surface area contributed by atoms with E-state index in [0.29, 0.717) is 40.8 Å². The Morgan fingerprint density at radius 1 is 0.860 bits per heavy atom. The number of rotatable bonds is 16. The van der Waals surface area contributed by atoms with Crippen molar-refractivity contribution in [3.8, 4) is 17.2 Å². The summed E-state index contributed by atoms with van der Waals surface area (Å²) in [4.78, 5) is 22.2. The minimum absolute atomic E-state index is 0.0461. The van der Waals surface area contributed by atoms with E-state index in [4.69, 9.17) is 23.3 Å². The Bertz CT molecular complexity index is 1510. The van der Waals surface area contributed by atoms with Crippen molar-refractivity contribution in [1.29, 1.82) is 0 Å². The molecule has 2 aromatic carbocycles. The molecule has 3 aromatic rings. The van der Waals surface area contributed by atoms with Gasteiger partial charge in [-0.3, -0.25) is 19.3 Å². The molecular weight excluding hydrogens is 595 g/mol. The number of nitrogens with zero attached hydrogens (tertiary/aromatic N) is 2. The van der Waals surface area contributed by atoms with Crippen LogP contribution < -0.4 is 9.47 Å². The molecule has 0 radical (unpaired) electrons. The van der Waals surface area contributed by atoms with Crippen molar-refractivity contribution in [2.45, 2.75) is 70.4 Å². The zero-order valence-electron chi connectivity index (χ0n) is 25.5. The maximum absolute atomic E-state index is 13.3. The lowest BCUT2D eigenvalue weighted by molar-refractivity contribution is 0.0914. The molecule has 0 N–H and O–H groups in total. The van der Waals surface area contributed by atoms with Gasteiger partial charge >= 0.3 is 7.60 Å². The average molecular weight is 635 g/mol. The standard InChI is InChI=1S/C30H39N2O9PS/c1-20(2)40-42(34,41-21(3)4)19-25-17-31-24(16-32-25)14-30(33)23-12-27(38-22(5)18-37-6)15-28(13-23)39-26-8-10-29(11-9-26)43(7,35)36/h8-13,15-17,20-22H,14,18-19H2,1-7H3/t22-/m0/s1. The molecule has 11 nitrogen and oxygen atoms in total. The normalized spacial score (nSPS) is 12.9. The summed E-state index contributed by atoms with van der Waals surface area (Å²) in [6.07, 6.45) is 3.05. The number of aromatic nitrogens is 2. The van der Waals surface area contributed by atoms with Crippen molar-refractivity contribution in [3.63, 3.8) is 0 Å². The Labute approximate surface area is 253 Å². The molecule has 13 heteroatoms. The molecule has 0 spiro atoms. The Kier molecular flexibility index (Phi) is 12.0. The first kappa shape index (κ1) is 34.3. The maximum Gasteiger partial charge on any atom is 0.337 e. The van der Waals surface area contributed by atoms with Crippen molar-refractivity contribution in [2.24, 2.45) is 0 Å². The third-order valence-corrected chi connectivity index (χ3v) is 8.95. The van der Waals surface area contributed by atoms with Gasteiger partial charge in [-0.2, -0.15) is 0 Å². The third kappa shape index (κ3) is 11.1. The molecule has 0 aliphatic carbocycles. The lowest BCUT2D eigenvalue weighted by atomic mass is 10.1. The van der Waals surface area contributed by atoms with E-state index in [2.05, 4.69) is 9.97 Å². The van der Waals surface area contributed by atoms with Gasteiger partial charge in [0.15, 0.2) is 15.6 Å². The van der Waals surface area contributed by atoms with Crippen molar-refractivity contribution in [3.05, 3.63) is 71.8 Å². The average Bonchev–Trinajstić information content (AvgIpc) is 2.88. The highest BCUT2D eigenvalue weighted by Gasteiger charge is 2.29. The summed E-state index contributed by atoms with van der Waals surface area (Å²) in [7, 11) is -5.24. The number of ketones is 1. The number of carbonyl (C=O) groups excluding carboxylic acids is 1. The van der Waals surface area contributed by atoms with Crippen LogP contribution in [-0.2, 0) is 40.8 Å². The molecule has 0 fully saturated rings. The van der Waals surface area contributed by atoms with Gasteiger partial charge in [-0.1, -0.05) is 0 Å². The van der Waals surface area contributed by atoms with Crippen LogP contribution in [0.3, 0.4) is 0 Å². The first-order chi connectivity index (χ1) is 20.2. The van der Waals surface area contributed by atoms with E-state index in [0.717, 1.165) is 6.26 Å². The molecule has 0 unspecified atom stereocenters. The minimum Gasteiger partial charge on any atom is -0.488 e. The molecule has 0 bridgehead atoms. The monoisotopic (exact) mass is 634 g/mol. The van der Waals surface area contributed by atoms with Crippen molar-refractivity contribution in [2.75, 3.05) is 20.0 Å². The van der Waals surface area contributed by atoms with E-state index >= 15 is 0 Å². The Balaban J connectivity index is 1.81. The van der Waals surface area contributed by atoms with E-state index < -0.39 is 17.4 Å². The van der Waals surface area contributed by atoms with Gasteiger partial charge in [0.05, 0.1) is 47.7 Å². The number of ether oxygens (including phenoxy) is 3. The number of Topliss-reactive ketones (excluding diaryl/α,β-unsaturated/α-hetero) is 1. The molecule has 0 saturated carbocycles. The summed E-state index contributed by atoms with van der Waals surface area (Å²) in [5.41, 5.74) is 1.15. The number of sulfone groups is 1. The van der Waals surface area contributed by atoms with Crippen LogP contribution >= 0.6 is 7.60 Å². The van der Waals surface area contributed by atoms with Crippen LogP contribution in [0.15, 0.2) is 59.8 Å². The Morgan fingerprint density at radius 2 is 1.44 bits per heavy atom. The largest absolute Gasteiger partial charge is 0.488 e. The second-order valence-electron chi connectivity index (χ2n) is 10.6. The topological polar surface area (TPSA) is 140 Å². The minimum atomic E-state index is -3.45. The fraction of sp³-hybridized carbons (Fsp3) is 0.433. The highest BCUT2D eigenvalue weighted by atomic mass is 32.2. The predicted octanol–water partition coefficient (Wildman–Crippen LogP) is 6.05. The molecule has 234 valence electrons. The van der Waals surface area contributed by atoms with Gasteiger partial charge < -0.3 is 23.3 Å². The highest BCUT2D eigenvalue weighted by molar-refractivity contribution is 7.90. The number of carbonyl (C=O) groups is 1. The summed E-state index contributed by atoms with van der Waals surface area (Å²) < 4.78 is 65.0. The number of methoxy groups -OCH3 is 1. The fourth-order valence-corrected chi connectivity index (χ4v) is 6.69. The van der Waals surface area contributed by atoms with E-state index in [1.54, 1.807) is 53.0 Å². The second-order valence-corrected chi connectivity index (χ2v) is 14.6. The molecule has 1 atom stereocenters. The molecule has 1 heterocycles. The van der Waals surface area contributed by atoms with Crippen LogP contribution in [0.1, 0.15) is 56.4 Å². The number of benzene rings is 2. The van der Waals surface area contributed by atoms with Gasteiger partial charge in [0.1, 0.15) is 23.4 Å². The Hall–Kier alpha value is -3.15. The van der Waals surface area contributed by atoms with E-state index in [1.807, 2.05) is 6.92 Å². The molecular formula is C30H39N2O9PS. The first-order valence-electron chi connectivity index (χ1n) is 13.7. The molecule has 3 rings (SSSR count). The van der Waals surface area contributed by atoms with Crippen LogP contribution in [0.2, 0.25) is 0 Å². The van der Waals surface area contributed by atoms with E-state index in [-0.39, 0.29) is 41.6 Å². The maximum atomic E-state index is 13.3. The van der Waals surface area contributed by atoms with Gasteiger partial charge in [0.2, 0.25) is 0 Å². The van der Waals surface area contributed by atoms with Gasteiger partial charge in [0.25, 0.3) is 0 Å². The van der Waals surface area contributed by atoms with Crippen LogP contribution in [0.4, 0.5) is 0 Å². The molecule has 0 amide bonds. The lowest BCUT2D eigenvalue weighted by Gasteiger charge is -2.22. The van der Waals surface area contributed by atoms with Gasteiger partial charge in [0, 0.05) is 37.4 Å². The summed E-state index contributed by atoms with van der Waals surface area (Å²) in [5, 5.41) is 0. The first-order valence-corrected chi connectivity index (χ1v) is 17.3. The number of hydrogen-bond donors (Lipinski definition) is 0. The zero-order valence-corrected chi connectivity index (χ0v) is 27.2. The van der Waals surface area contributed by atoms with E-state index in [1.165, 1.54) is 36.7 Å². The van der Waals surface area contributed by atoms with Gasteiger partial charge in [-0.15, -0.1) is 0 Å². The van der Waals surface area contributed by atoms with Crippen LogP contribution in [0, 0.1) is 0 Å². The van der Waals surface area contributed by atoms with Crippen LogP contribution in [0.25, 0.3) is 0 Å². The summed E-state index contributed by atoms with van der Waals surface area (Å²) in [6, 6.07) is 10.8. The zero-order chi connectivity index (χ0) is 31.8.